The van der Waals surface area contributed by atoms with Gasteiger partial charge < -0.3 is 14.4 Å². The van der Waals surface area contributed by atoms with E-state index >= 15 is 0 Å². The van der Waals surface area contributed by atoms with Gasteiger partial charge in [-0.15, -0.1) is 0 Å². The highest BCUT2D eigenvalue weighted by Crippen LogP contribution is 2.48. The fraction of sp³-hybridized carbons (Fsp3) is 0.857. The summed E-state index contributed by atoms with van der Waals surface area (Å²) in [6, 6.07) is 0. The Morgan fingerprint density at radius 1 is 1.15 bits per heavy atom. The Morgan fingerprint density at radius 2 is 1.78 bits per heavy atom. The summed E-state index contributed by atoms with van der Waals surface area (Å²) >= 11 is 0. The summed E-state index contributed by atoms with van der Waals surface area (Å²) in [5.74, 6) is -1.05. The highest BCUT2D eigenvalue weighted by molar-refractivity contribution is 5.80. The third-order valence-corrected chi connectivity index (χ3v) is 5.62. The molecular weight excluding hydrogens is 342 g/mol. The molecule has 156 valence electrons. The molecule has 0 aromatic rings. The van der Waals surface area contributed by atoms with Gasteiger partial charge in [-0.05, 0) is 25.3 Å². The van der Waals surface area contributed by atoms with Crippen LogP contribution in [0.1, 0.15) is 52.9 Å². The van der Waals surface area contributed by atoms with Gasteiger partial charge in [-0.25, -0.2) is 10.4 Å². The summed E-state index contributed by atoms with van der Waals surface area (Å²) in [4.78, 5) is 14.9. The Kier molecular flexibility index (Phi) is 7.11. The van der Waals surface area contributed by atoms with Gasteiger partial charge in [-0.2, -0.15) is 0 Å². The monoisotopic (exact) mass is 381 g/mol. The second kappa shape index (κ2) is 8.60. The second-order valence-corrected chi connectivity index (χ2v) is 9.23. The molecule has 0 aromatic carbocycles. The number of allylic oxidation sites excluding steroid dienone is 1. The first-order valence-electron chi connectivity index (χ1n) is 10.2. The molecule has 6 nitrogen and oxygen atoms in total. The molecule has 1 heterocycles. The highest BCUT2D eigenvalue weighted by Gasteiger charge is 2.62. The largest absolute Gasteiger partial charge is 0.349 e. The molecule has 1 saturated carbocycles. The molecule has 1 aliphatic heterocycles. The van der Waals surface area contributed by atoms with Crippen LogP contribution in [0.3, 0.4) is 0 Å². The number of hydrazine groups is 1. The van der Waals surface area contributed by atoms with Crippen molar-refractivity contribution in [3.8, 4) is 0 Å². The predicted molar refractivity (Wildman–Crippen MR) is 108 cm³/mol. The zero-order valence-electron chi connectivity index (χ0n) is 18.3. The van der Waals surface area contributed by atoms with Crippen molar-refractivity contribution >= 4 is 5.91 Å². The molecule has 0 radical (unpaired) electrons. The first kappa shape index (κ1) is 22.3. The summed E-state index contributed by atoms with van der Waals surface area (Å²) < 4.78 is 13.0. The van der Waals surface area contributed by atoms with Crippen LogP contribution in [0.2, 0.25) is 0 Å². The van der Waals surface area contributed by atoms with Gasteiger partial charge in [0.2, 0.25) is 11.7 Å². The Balaban J connectivity index is 2.57. The van der Waals surface area contributed by atoms with Gasteiger partial charge in [-0.3, -0.25) is 4.79 Å². The predicted octanol–water partition coefficient (Wildman–Crippen LogP) is 2.81. The molecule has 0 aromatic heterocycles. The number of carbonyl (C=O) groups is 1. The van der Waals surface area contributed by atoms with Gasteiger partial charge in [0, 0.05) is 33.6 Å². The van der Waals surface area contributed by atoms with Gasteiger partial charge in [0.1, 0.15) is 5.54 Å². The number of amides is 1. The van der Waals surface area contributed by atoms with E-state index in [1.165, 1.54) is 0 Å². The maximum Gasteiger partial charge on any atom is 0.227 e. The van der Waals surface area contributed by atoms with E-state index in [9.17, 15) is 4.79 Å². The third kappa shape index (κ3) is 4.56. The average Bonchev–Trinajstić information content (AvgIpc) is 2.60. The van der Waals surface area contributed by atoms with E-state index in [0.717, 1.165) is 32.1 Å². The van der Waals surface area contributed by atoms with Gasteiger partial charge >= 0.3 is 0 Å². The molecule has 1 saturated heterocycles. The smallest absolute Gasteiger partial charge is 0.227 e. The minimum atomic E-state index is -0.959. The minimum Gasteiger partial charge on any atom is -0.349 e. The molecule has 27 heavy (non-hydrogen) atoms. The van der Waals surface area contributed by atoms with Gasteiger partial charge in [0.25, 0.3) is 0 Å². The first-order chi connectivity index (χ1) is 12.6. The average molecular weight is 382 g/mol. The summed E-state index contributed by atoms with van der Waals surface area (Å²) in [5.41, 5.74) is 2.93. The summed E-state index contributed by atoms with van der Waals surface area (Å²) in [6.07, 6.45) is 8.78. The van der Waals surface area contributed by atoms with Crippen LogP contribution in [0.15, 0.2) is 12.2 Å². The number of nitrogens with zero attached hydrogens (tertiary/aromatic N) is 2. The van der Waals surface area contributed by atoms with Crippen LogP contribution in [0.25, 0.3) is 0 Å². The lowest BCUT2D eigenvalue weighted by Crippen LogP contribution is -2.74. The van der Waals surface area contributed by atoms with Crippen molar-refractivity contribution in [1.82, 2.24) is 15.3 Å². The van der Waals surface area contributed by atoms with Crippen LogP contribution in [-0.4, -0.2) is 68.5 Å². The lowest BCUT2D eigenvalue weighted by atomic mass is 9.66. The Labute approximate surface area is 165 Å². The van der Waals surface area contributed by atoms with E-state index < -0.39 is 11.3 Å². The lowest BCUT2D eigenvalue weighted by molar-refractivity contribution is -0.321. The zero-order valence-corrected chi connectivity index (χ0v) is 18.3. The minimum absolute atomic E-state index is 0.0431. The SMILES string of the molecule is CC/C=C\C1(C2(NN(C)C)CCCCC2C(=O)N(C)C)OCC(C)(C)CO1. The van der Waals surface area contributed by atoms with E-state index in [4.69, 9.17) is 9.47 Å². The normalized spacial score (nSPS) is 30.6. The van der Waals surface area contributed by atoms with Crippen LogP contribution in [0.4, 0.5) is 0 Å². The standard InChI is InChI=1S/C21H39N3O3/c1-8-9-14-21(26-15-19(2,3)16-27-21)20(22-24(6)7)13-11-10-12-17(20)18(25)23(4)5/h9,14,17,22H,8,10-13,15-16H2,1-7H3/b14-9-. The first-order valence-corrected chi connectivity index (χ1v) is 10.2. The van der Waals surface area contributed by atoms with Gasteiger partial charge in [-0.1, -0.05) is 39.7 Å². The molecule has 2 fully saturated rings. The third-order valence-electron chi connectivity index (χ3n) is 5.62. The van der Waals surface area contributed by atoms with Crippen LogP contribution in [-0.2, 0) is 14.3 Å². The second-order valence-electron chi connectivity index (χ2n) is 9.23. The Hall–Kier alpha value is -0.950. The van der Waals surface area contributed by atoms with E-state index in [1.807, 2.05) is 33.2 Å². The quantitative estimate of drug-likeness (QED) is 0.566. The van der Waals surface area contributed by atoms with Crippen molar-refractivity contribution in [2.45, 2.75) is 64.2 Å². The molecular formula is C21H39N3O3. The van der Waals surface area contributed by atoms with Crippen LogP contribution < -0.4 is 5.43 Å². The number of nitrogens with one attached hydrogen (secondary N) is 1. The van der Waals surface area contributed by atoms with E-state index in [1.54, 1.807) is 4.90 Å². The molecule has 1 aliphatic carbocycles. The van der Waals surface area contributed by atoms with Crippen molar-refractivity contribution < 1.29 is 14.3 Å². The fourth-order valence-electron chi connectivity index (χ4n) is 4.31. The maximum atomic E-state index is 13.2. The fourth-order valence-corrected chi connectivity index (χ4v) is 4.31. The molecule has 2 atom stereocenters. The van der Waals surface area contributed by atoms with Crippen molar-refractivity contribution in [2.24, 2.45) is 11.3 Å². The van der Waals surface area contributed by atoms with Crippen LogP contribution in [0, 0.1) is 11.3 Å². The zero-order chi connectivity index (χ0) is 20.3. The maximum absolute atomic E-state index is 13.2. The Bertz CT molecular complexity index is 535. The topological polar surface area (TPSA) is 54.0 Å². The van der Waals surface area contributed by atoms with E-state index in [0.29, 0.717) is 13.2 Å². The summed E-state index contributed by atoms with van der Waals surface area (Å²) in [7, 11) is 7.60. The van der Waals surface area contributed by atoms with Gasteiger partial charge in [0.05, 0.1) is 19.1 Å². The molecule has 1 N–H and O–H groups in total. The number of rotatable bonds is 6. The molecule has 2 rings (SSSR count). The van der Waals surface area contributed by atoms with Crippen molar-refractivity contribution in [3.05, 3.63) is 12.2 Å². The van der Waals surface area contributed by atoms with Crippen molar-refractivity contribution in [1.29, 1.82) is 0 Å². The van der Waals surface area contributed by atoms with Crippen molar-refractivity contribution in [2.75, 3.05) is 41.4 Å². The van der Waals surface area contributed by atoms with Crippen molar-refractivity contribution in [3.63, 3.8) is 0 Å². The van der Waals surface area contributed by atoms with Gasteiger partial charge in [0.15, 0.2) is 0 Å². The molecule has 6 heteroatoms. The number of carbonyl (C=O) groups excluding carboxylic acids is 1. The van der Waals surface area contributed by atoms with E-state index in [-0.39, 0.29) is 17.2 Å². The van der Waals surface area contributed by atoms with Crippen LogP contribution >= 0.6 is 0 Å². The molecule has 0 spiro atoms. The summed E-state index contributed by atoms with van der Waals surface area (Å²) in [6.45, 7) is 7.60. The number of hydrogen-bond acceptors (Lipinski definition) is 5. The van der Waals surface area contributed by atoms with Crippen LogP contribution in [0.5, 0.6) is 0 Å². The molecule has 0 bridgehead atoms. The highest BCUT2D eigenvalue weighted by atomic mass is 16.7. The lowest BCUT2D eigenvalue weighted by Gasteiger charge is -2.57. The van der Waals surface area contributed by atoms with E-state index in [2.05, 4.69) is 38.3 Å². The summed E-state index contributed by atoms with van der Waals surface area (Å²) in [5, 5.41) is 1.94. The number of hydrogen-bond donors (Lipinski definition) is 1. The Morgan fingerprint density at radius 3 is 2.30 bits per heavy atom. The molecule has 2 unspecified atom stereocenters. The number of ether oxygens (including phenoxy) is 2. The molecule has 2 aliphatic rings. The molecule has 1 amide bonds.